The average molecular weight is 196 g/mol. The van der Waals surface area contributed by atoms with E-state index in [0.717, 1.165) is 17.7 Å². The molecule has 0 saturated heterocycles. The second-order valence-electron chi connectivity index (χ2n) is 2.71. The van der Waals surface area contributed by atoms with Crippen LogP contribution in [-0.4, -0.2) is 23.1 Å². The van der Waals surface area contributed by atoms with Crippen molar-refractivity contribution in [1.82, 2.24) is 0 Å². The minimum Gasteiger partial charge on any atom is -0.478 e. The molecule has 0 amide bonds. The van der Waals surface area contributed by atoms with Crippen molar-refractivity contribution in [1.29, 1.82) is 0 Å². The van der Waals surface area contributed by atoms with Gasteiger partial charge in [0, 0.05) is 0 Å². The fraction of sp³-hybridized carbons (Fsp3) is 0.300. The summed E-state index contributed by atoms with van der Waals surface area (Å²) in [5, 5.41) is 8.86. The zero-order chi connectivity index (χ0) is 9.68. The first kappa shape index (κ1) is 10.1. The predicted molar refractivity (Wildman–Crippen MR) is 55.5 cm³/mol. The molecule has 0 aliphatic heterocycles. The molecule has 70 valence electrons. The zero-order valence-electron chi connectivity index (χ0n) is 7.49. The zero-order valence-corrected chi connectivity index (χ0v) is 8.30. The number of carboxylic acid groups (broad SMARTS) is 1. The van der Waals surface area contributed by atoms with Crippen LogP contribution in [-0.2, 0) is 6.42 Å². The monoisotopic (exact) mass is 196 g/mol. The van der Waals surface area contributed by atoms with Crippen LogP contribution < -0.4 is 0 Å². The summed E-state index contributed by atoms with van der Waals surface area (Å²) in [5.74, 6) is 0.126. The molecular weight excluding hydrogens is 184 g/mol. The quantitative estimate of drug-likeness (QED) is 0.802. The Morgan fingerprint density at radius 1 is 1.46 bits per heavy atom. The molecule has 2 nitrogen and oxygen atoms in total. The third-order valence-corrected chi connectivity index (χ3v) is 2.44. The molecule has 0 radical (unpaired) electrons. The smallest absolute Gasteiger partial charge is 0.335 e. The third kappa shape index (κ3) is 2.77. The van der Waals surface area contributed by atoms with Gasteiger partial charge in [0.2, 0.25) is 0 Å². The molecule has 0 saturated carbocycles. The molecule has 1 aromatic carbocycles. The van der Waals surface area contributed by atoms with Crippen LogP contribution in [0.25, 0.3) is 0 Å². The Labute approximate surface area is 82.0 Å². The molecule has 3 heteroatoms. The minimum absolute atomic E-state index is 0.427. The molecule has 0 fully saturated rings. The normalized spacial score (nSPS) is 9.92. The number of aryl methyl sites for hydroxylation is 1. The molecule has 13 heavy (non-hydrogen) atoms. The van der Waals surface area contributed by atoms with Crippen LogP contribution >= 0.6 is 11.8 Å². The van der Waals surface area contributed by atoms with Crippen molar-refractivity contribution in [3.63, 3.8) is 0 Å². The van der Waals surface area contributed by atoms with Crippen molar-refractivity contribution in [2.75, 3.05) is 12.0 Å². The van der Waals surface area contributed by atoms with Crippen LogP contribution in [0.2, 0.25) is 0 Å². The molecular formula is C10H12O2S. The van der Waals surface area contributed by atoms with Crippen molar-refractivity contribution in [2.45, 2.75) is 6.42 Å². The number of rotatable bonds is 4. The van der Waals surface area contributed by atoms with E-state index in [2.05, 4.69) is 0 Å². The highest BCUT2D eigenvalue weighted by molar-refractivity contribution is 7.98. The topological polar surface area (TPSA) is 37.3 Å². The summed E-state index contributed by atoms with van der Waals surface area (Å²) in [6.07, 6.45) is 2.84. The molecule has 0 aliphatic rings. The first-order chi connectivity index (χ1) is 6.25. The van der Waals surface area contributed by atoms with Crippen molar-refractivity contribution < 1.29 is 9.90 Å². The van der Waals surface area contributed by atoms with Crippen LogP contribution in [0.3, 0.4) is 0 Å². The highest BCUT2D eigenvalue weighted by Crippen LogP contribution is 2.11. The van der Waals surface area contributed by atoms with E-state index in [4.69, 9.17) is 5.11 Å². The van der Waals surface area contributed by atoms with E-state index < -0.39 is 5.97 Å². The Bertz CT molecular complexity index is 297. The number of hydrogen-bond donors (Lipinski definition) is 1. The van der Waals surface area contributed by atoms with Crippen molar-refractivity contribution in [2.24, 2.45) is 0 Å². The fourth-order valence-corrected chi connectivity index (χ4v) is 1.58. The van der Waals surface area contributed by atoms with Gasteiger partial charge in [0.1, 0.15) is 0 Å². The van der Waals surface area contributed by atoms with Gasteiger partial charge in [-0.1, -0.05) is 18.2 Å². The van der Waals surface area contributed by atoms with Crippen LogP contribution in [0, 0.1) is 0 Å². The summed E-state index contributed by atoms with van der Waals surface area (Å²) in [6, 6.07) is 7.16. The van der Waals surface area contributed by atoms with Crippen molar-refractivity contribution >= 4 is 17.7 Å². The summed E-state index contributed by atoms with van der Waals surface area (Å²) in [5.41, 5.74) is 1.35. The highest BCUT2D eigenvalue weighted by atomic mass is 32.2. The lowest BCUT2D eigenvalue weighted by atomic mass is 10.1. The van der Waals surface area contributed by atoms with E-state index >= 15 is 0 Å². The van der Waals surface area contributed by atoms with Gasteiger partial charge in [-0.3, -0.25) is 0 Å². The molecule has 0 bridgehead atoms. The molecule has 1 N–H and O–H groups in total. The van der Waals surface area contributed by atoms with Crippen LogP contribution in [0.4, 0.5) is 0 Å². The second kappa shape index (κ2) is 4.92. The Morgan fingerprint density at radius 2 is 2.15 bits per heavy atom. The Balaban J connectivity index is 2.84. The van der Waals surface area contributed by atoms with Gasteiger partial charge in [0.25, 0.3) is 0 Å². The predicted octanol–water partition coefficient (Wildman–Crippen LogP) is 2.29. The maximum atomic E-state index is 10.8. The van der Waals surface area contributed by atoms with Crippen LogP contribution in [0.15, 0.2) is 24.3 Å². The number of aromatic carboxylic acids is 1. The maximum Gasteiger partial charge on any atom is 0.335 e. The SMILES string of the molecule is CSCCc1ccccc1C(=O)O. The summed E-state index contributed by atoms with van der Waals surface area (Å²) in [4.78, 5) is 10.8. The van der Waals surface area contributed by atoms with E-state index in [1.165, 1.54) is 0 Å². The fourth-order valence-electron chi connectivity index (χ4n) is 1.16. The lowest BCUT2D eigenvalue weighted by Crippen LogP contribution is -2.02. The molecule has 0 aliphatic carbocycles. The van der Waals surface area contributed by atoms with E-state index in [0.29, 0.717) is 5.56 Å². The largest absolute Gasteiger partial charge is 0.478 e. The number of thioether (sulfide) groups is 1. The Hall–Kier alpha value is -0.960. The van der Waals surface area contributed by atoms with Gasteiger partial charge in [-0.25, -0.2) is 4.79 Å². The maximum absolute atomic E-state index is 10.8. The van der Waals surface area contributed by atoms with E-state index in [9.17, 15) is 4.79 Å². The summed E-state index contributed by atoms with van der Waals surface area (Å²) in [6.45, 7) is 0. The Morgan fingerprint density at radius 3 is 2.77 bits per heavy atom. The second-order valence-corrected chi connectivity index (χ2v) is 3.69. The average Bonchev–Trinajstić information content (AvgIpc) is 2.15. The molecule has 0 aromatic heterocycles. The molecule has 0 heterocycles. The van der Waals surface area contributed by atoms with Gasteiger partial charge in [0.05, 0.1) is 5.56 Å². The van der Waals surface area contributed by atoms with Crippen LogP contribution in [0.5, 0.6) is 0 Å². The van der Waals surface area contributed by atoms with E-state index in [-0.39, 0.29) is 0 Å². The lowest BCUT2D eigenvalue weighted by molar-refractivity contribution is 0.0696. The van der Waals surface area contributed by atoms with Gasteiger partial charge in [0.15, 0.2) is 0 Å². The number of hydrogen-bond acceptors (Lipinski definition) is 2. The van der Waals surface area contributed by atoms with E-state index in [1.807, 2.05) is 18.4 Å². The molecule has 0 spiro atoms. The van der Waals surface area contributed by atoms with Crippen LogP contribution in [0.1, 0.15) is 15.9 Å². The molecule has 0 unspecified atom stereocenters. The van der Waals surface area contributed by atoms with Gasteiger partial charge in [-0.15, -0.1) is 0 Å². The third-order valence-electron chi connectivity index (χ3n) is 1.82. The van der Waals surface area contributed by atoms with Crippen molar-refractivity contribution in [3.05, 3.63) is 35.4 Å². The van der Waals surface area contributed by atoms with Crippen molar-refractivity contribution in [3.8, 4) is 0 Å². The first-order valence-electron chi connectivity index (χ1n) is 4.06. The summed E-state index contributed by atoms with van der Waals surface area (Å²) >= 11 is 1.72. The first-order valence-corrected chi connectivity index (χ1v) is 5.45. The highest BCUT2D eigenvalue weighted by Gasteiger charge is 2.07. The standard InChI is InChI=1S/C10H12O2S/c1-13-7-6-8-4-2-3-5-9(8)10(11)12/h2-5H,6-7H2,1H3,(H,11,12). The van der Waals surface area contributed by atoms with Gasteiger partial charge in [-0.05, 0) is 30.1 Å². The molecule has 1 rings (SSSR count). The number of benzene rings is 1. The summed E-state index contributed by atoms with van der Waals surface area (Å²) in [7, 11) is 0. The molecule has 1 aromatic rings. The number of carbonyl (C=O) groups is 1. The Kier molecular flexibility index (Phi) is 3.83. The van der Waals surface area contributed by atoms with Gasteiger partial charge in [-0.2, -0.15) is 11.8 Å². The molecule has 0 atom stereocenters. The van der Waals surface area contributed by atoms with Gasteiger partial charge >= 0.3 is 5.97 Å². The number of carboxylic acids is 1. The van der Waals surface area contributed by atoms with E-state index in [1.54, 1.807) is 23.9 Å². The summed E-state index contributed by atoms with van der Waals surface area (Å²) < 4.78 is 0. The van der Waals surface area contributed by atoms with Gasteiger partial charge < -0.3 is 5.11 Å². The lowest BCUT2D eigenvalue weighted by Gasteiger charge is -2.03. The minimum atomic E-state index is -0.836.